The van der Waals surface area contributed by atoms with Crippen molar-refractivity contribution in [3.8, 4) is 11.5 Å². The number of ether oxygens (including phenoxy) is 2. The monoisotopic (exact) mass is 300 g/mol. The molecule has 0 aliphatic carbocycles. The van der Waals surface area contributed by atoms with Gasteiger partial charge in [-0.3, -0.25) is 0 Å². The summed E-state index contributed by atoms with van der Waals surface area (Å²) in [7, 11) is 0.153. The molecule has 1 unspecified atom stereocenters. The van der Waals surface area contributed by atoms with E-state index in [9.17, 15) is 8.42 Å². The van der Waals surface area contributed by atoms with Crippen molar-refractivity contribution in [1.82, 2.24) is 0 Å². The first kappa shape index (κ1) is 14.8. The molecule has 1 saturated heterocycles. The van der Waals surface area contributed by atoms with E-state index in [4.69, 9.17) is 15.2 Å². The number of nitrogen functional groups attached to an aromatic ring is 1. The lowest BCUT2D eigenvalue weighted by molar-refractivity contribution is 0.355. The highest BCUT2D eigenvalue weighted by Gasteiger charge is 2.29. The zero-order chi connectivity index (χ0) is 14.9. The Balaban J connectivity index is 2.38. The summed E-state index contributed by atoms with van der Waals surface area (Å²) in [6.45, 7) is 2.32. The lowest BCUT2D eigenvalue weighted by Gasteiger charge is -2.36. The summed E-state index contributed by atoms with van der Waals surface area (Å²) in [4.78, 5) is 2.00. The lowest BCUT2D eigenvalue weighted by Crippen LogP contribution is -2.47. The molecule has 112 valence electrons. The second-order valence-electron chi connectivity index (χ2n) is 4.92. The van der Waals surface area contributed by atoms with Crippen LogP contribution in [-0.2, 0) is 9.84 Å². The Labute approximate surface area is 119 Å². The van der Waals surface area contributed by atoms with Gasteiger partial charge in [-0.1, -0.05) is 0 Å². The van der Waals surface area contributed by atoms with Crippen LogP contribution < -0.4 is 20.1 Å². The molecule has 1 fully saturated rings. The molecule has 0 spiro atoms. The number of nitrogens with two attached hydrogens (primary N) is 1. The molecule has 1 aromatic rings. The fourth-order valence-electron chi connectivity index (χ4n) is 2.49. The van der Waals surface area contributed by atoms with E-state index in [1.165, 1.54) is 0 Å². The van der Waals surface area contributed by atoms with Gasteiger partial charge in [-0.05, 0) is 6.92 Å². The van der Waals surface area contributed by atoms with Gasteiger partial charge >= 0.3 is 0 Å². The van der Waals surface area contributed by atoms with E-state index in [1.54, 1.807) is 26.4 Å². The Kier molecular flexibility index (Phi) is 3.99. The highest BCUT2D eigenvalue weighted by atomic mass is 32.2. The molecule has 20 heavy (non-hydrogen) atoms. The molecule has 1 aromatic carbocycles. The van der Waals surface area contributed by atoms with Crippen molar-refractivity contribution in [2.45, 2.75) is 13.0 Å². The van der Waals surface area contributed by atoms with Crippen molar-refractivity contribution in [3.63, 3.8) is 0 Å². The minimum atomic E-state index is -2.95. The van der Waals surface area contributed by atoms with Crippen LogP contribution in [0.5, 0.6) is 11.5 Å². The molecule has 1 aliphatic rings. The third-order valence-corrected chi connectivity index (χ3v) is 5.31. The van der Waals surface area contributed by atoms with Crippen LogP contribution >= 0.6 is 0 Å². The standard InChI is InChI=1S/C13H20N2O4S/c1-9-8-20(16,17)5-4-15(9)11-7-13(19-3)12(18-2)6-10(11)14/h6-7,9H,4-5,8,14H2,1-3H3. The summed E-state index contributed by atoms with van der Waals surface area (Å²) < 4.78 is 33.8. The first-order valence-corrected chi connectivity index (χ1v) is 8.18. The van der Waals surface area contributed by atoms with Crippen molar-refractivity contribution in [3.05, 3.63) is 12.1 Å². The van der Waals surface area contributed by atoms with E-state index in [0.717, 1.165) is 5.69 Å². The van der Waals surface area contributed by atoms with E-state index in [0.29, 0.717) is 23.7 Å². The average molecular weight is 300 g/mol. The summed E-state index contributed by atoms with van der Waals surface area (Å²) in [6.07, 6.45) is 0. The molecule has 1 atom stereocenters. The molecule has 0 bridgehead atoms. The molecule has 0 saturated carbocycles. The molecule has 6 nitrogen and oxygen atoms in total. The zero-order valence-electron chi connectivity index (χ0n) is 11.9. The van der Waals surface area contributed by atoms with Crippen molar-refractivity contribution in [2.75, 3.05) is 42.9 Å². The number of rotatable bonds is 3. The normalized spacial score (nSPS) is 21.6. The molecular formula is C13H20N2O4S. The van der Waals surface area contributed by atoms with Crippen LogP contribution in [0.4, 0.5) is 11.4 Å². The van der Waals surface area contributed by atoms with Gasteiger partial charge in [0.2, 0.25) is 0 Å². The molecule has 0 aromatic heterocycles. The van der Waals surface area contributed by atoms with E-state index >= 15 is 0 Å². The Hall–Kier alpha value is -1.63. The zero-order valence-corrected chi connectivity index (χ0v) is 12.7. The number of nitrogens with zero attached hydrogens (tertiary/aromatic N) is 1. The summed E-state index contributed by atoms with van der Waals surface area (Å²) in [5.74, 6) is 1.43. The van der Waals surface area contributed by atoms with Crippen LogP contribution in [-0.4, -0.2) is 46.7 Å². The van der Waals surface area contributed by atoms with Crippen LogP contribution in [0.1, 0.15) is 6.92 Å². The largest absolute Gasteiger partial charge is 0.493 e. The van der Waals surface area contributed by atoms with Crippen molar-refractivity contribution in [2.24, 2.45) is 0 Å². The fraction of sp³-hybridized carbons (Fsp3) is 0.538. The highest BCUT2D eigenvalue weighted by Crippen LogP contribution is 2.38. The van der Waals surface area contributed by atoms with E-state index in [2.05, 4.69) is 0 Å². The van der Waals surface area contributed by atoms with Crippen LogP contribution in [0.25, 0.3) is 0 Å². The number of hydrogen-bond acceptors (Lipinski definition) is 6. The smallest absolute Gasteiger partial charge is 0.162 e. The molecule has 2 N–H and O–H groups in total. The van der Waals surface area contributed by atoms with Gasteiger partial charge in [0, 0.05) is 24.7 Å². The van der Waals surface area contributed by atoms with Crippen molar-refractivity contribution in [1.29, 1.82) is 0 Å². The SMILES string of the molecule is COc1cc(N)c(N2CCS(=O)(=O)CC2C)cc1OC. The number of benzene rings is 1. The third-order valence-electron chi connectivity index (χ3n) is 3.51. The summed E-state index contributed by atoms with van der Waals surface area (Å²) in [5, 5.41) is 0. The Morgan fingerprint density at radius 1 is 1.25 bits per heavy atom. The van der Waals surface area contributed by atoms with Crippen LogP contribution in [0.15, 0.2) is 12.1 Å². The predicted octanol–water partition coefficient (Wildman–Crippen LogP) is 0.909. The average Bonchev–Trinajstić information content (AvgIpc) is 2.38. The van der Waals surface area contributed by atoms with Crippen molar-refractivity contribution >= 4 is 21.2 Å². The minimum Gasteiger partial charge on any atom is -0.493 e. The maximum absolute atomic E-state index is 11.6. The Morgan fingerprint density at radius 2 is 1.85 bits per heavy atom. The van der Waals surface area contributed by atoms with Gasteiger partial charge in [-0.2, -0.15) is 0 Å². The summed E-state index contributed by atoms with van der Waals surface area (Å²) in [5.41, 5.74) is 7.39. The number of hydrogen-bond donors (Lipinski definition) is 1. The quantitative estimate of drug-likeness (QED) is 0.836. The van der Waals surface area contributed by atoms with Crippen LogP contribution in [0, 0.1) is 0 Å². The fourth-order valence-corrected chi connectivity index (χ4v) is 4.05. The van der Waals surface area contributed by atoms with Gasteiger partial charge in [-0.25, -0.2) is 8.42 Å². The van der Waals surface area contributed by atoms with Gasteiger partial charge in [0.15, 0.2) is 21.3 Å². The van der Waals surface area contributed by atoms with E-state index in [-0.39, 0.29) is 17.5 Å². The number of sulfone groups is 1. The minimum absolute atomic E-state index is 0.117. The van der Waals surface area contributed by atoms with E-state index in [1.807, 2.05) is 11.8 Å². The molecule has 2 rings (SSSR count). The third kappa shape index (κ3) is 2.77. The lowest BCUT2D eigenvalue weighted by atomic mass is 10.2. The molecule has 0 radical (unpaired) electrons. The molecular weight excluding hydrogens is 280 g/mol. The Morgan fingerprint density at radius 3 is 2.40 bits per heavy atom. The van der Waals surface area contributed by atoms with Gasteiger partial charge in [0.1, 0.15) is 0 Å². The number of methoxy groups -OCH3 is 2. The topological polar surface area (TPSA) is 81.9 Å². The highest BCUT2D eigenvalue weighted by molar-refractivity contribution is 7.91. The van der Waals surface area contributed by atoms with Gasteiger partial charge in [0.25, 0.3) is 0 Å². The molecule has 1 heterocycles. The van der Waals surface area contributed by atoms with Crippen molar-refractivity contribution < 1.29 is 17.9 Å². The molecule has 7 heteroatoms. The van der Waals surface area contributed by atoms with Crippen LogP contribution in [0.3, 0.4) is 0 Å². The van der Waals surface area contributed by atoms with Gasteiger partial charge in [-0.15, -0.1) is 0 Å². The van der Waals surface area contributed by atoms with E-state index < -0.39 is 9.84 Å². The maximum Gasteiger partial charge on any atom is 0.162 e. The summed E-state index contributed by atoms with van der Waals surface area (Å²) in [6, 6.07) is 3.38. The number of anilines is 2. The molecule has 0 amide bonds. The first-order chi connectivity index (χ1) is 9.38. The van der Waals surface area contributed by atoms with Crippen LogP contribution in [0.2, 0.25) is 0 Å². The van der Waals surface area contributed by atoms with Gasteiger partial charge in [0.05, 0.1) is 37.1 Å². The second kappa shape index (κ2) is 5.40. The predicted molar refractivity (Wildman–Crippen MR) is 79.4 cm³/mol. The maximum atomic E-state index is 11.6. The second-order valence-corrected chi connectivity index (χ2v) is 7.15. The molecule has 1 aliphatic heterocycles. The first-order valence-electron chi connectivity index (χ1n) is 6.36. The van der Waals surface area contributed by atoms with Gasteiger partial charge < -0.3 is 20.1 Å². The summed E-state index contributed by atoms with van der Waals surface area (Å²) >= 11 is 0. The Bertz CT molecular complexity index is 601.